The lowest BCUT2D eigenvalue weighted by Gasteiger charge is -2.13. The molecule has 0 aromatic heterocycles. The first-order chi connectivity index (χ1) is 8.66. The fraction of sp³-hybridized carbons (Fsp3) is 0.333. The third-order valence-corrected chi connectivity index (χ3v) is 3.59. The highest BCUT2D eigenvalue weighted by Gasteiger charge is 2.23. The summed E-state index contributed by atoms with van der Waals surface area (Å²) in [5, 5.41) is 14.7. The highest BCUT2D eigenvalue weighted by atomic mass is 32.2. The van der Waals surface area contributed by atoms with Gasteiger partial charge in [0.15, 0.2) is 0 Å². The fourth-order valence-electron chi connectivity index (χ4n) is 1.74. The lowest BCUT2D eigenvalue weighted by molar-refractivity contribution is -0.136. The van der Waals surface area contributed by atoms with E-state index in [1.54, 1.807) is 36.0 Å². The normalized spacial score (nSPS) is 18.6. The smallest absolute Gasteiger partial charge is 0.307 e. The number of nitrogens with one attached hydrogen (secondary N) is 2. The van der Waals surface area contributed by atoms with Crippen LogP contribution in [0.3, 0.4) is 0 Å². The lowest BCUT2D eigenvalue weighted by Crippen LogP contribution is -2.37. The predicted molar refractivity (Wildman–Crippen MR) is 70.7 cm³/mol. The first-order valence-corrected chi connectivity index (χ1v) is 6.74. The summed E-state index contributed by atoms with van der Waals surface area (Å²) in [4.78, 5) is 22.7. The van der Waals surface area contributed by atoms with Crippen LogP contribution in [0.25, 0.3) is 0 Å². The monoisotopic (exact) mass is 266 g/mol. The average molecular weight is 266 g/mol. The van der Waals surface area contributed by atoms with E-state index in [-0.39, 0.29) is 18.4 Å². The van der Waals surface area contributed by atoms with Crippen LogP contribution >= 0.6 is 11.8 Å². The molecule has 0 spiro atoms. The second-order valence-electron chi connectivity index (χ2n) is 3.99. The molecule has 1 amide bonds. The molecule has 2 rings (SSSR count). The molecule has 1 atom stereocenters. The Kier molecular flexibility index (Phi) is 4.22. The standard InChI is InChI=1S/C12H14N2O3S/c15-11(16)5-8-3-1-2-4-9(8)14-12(17)10-6-18-7-13-10/h1-4,10,13H,5-7H2,(H,14,17)(H,15,16). The van der Waals surface area contributed by atoms with Gasteiger partial charge in [0.05, 0.1) is 12.5 Å². The van der Waals surface area contributed by atoms with Crippen molar-refractivity contribution in [3.63, 3.8) is 0 Å². The molecule has 1 heterocycles. The van der Waals surface area contributed by atoms with E-state index in [0.717, 1.165) is 11.6 Å². The number of para-hydroxylation sites is 1. The summed E-state index contributed by atoms with van der Waals surface area (Å²) in [6.45, 7) is 0. The Morgan fingerprint density at radius 2 is 2.22 bits per heavy atom. The van der Waals surface area contributed by atoms with Crippen molar-refractivity contribution < 1.29 is 14.7 Å². The van der Waals surface area contributed by atoms with Gasteiger partial charge in [-0.3, -0.25) is 14.9 Å². The summed E-state index contributed by atoms with van der Waals surface area (Å²) in [5.41, 5.74) is 1.19. The summed E-state index contributed by atoms with van der Waals surface area (Å²) in [6.07, 6.45) is -0.0939. The number of anilines is 1. The van der Waals surface area contributed by atoms with Crippen LogP contribution in [0.4, 0.5) is 5.69 Å². The summed E-state index contributed by atoms with van der Waals surface area (Å²) in [5.74, 6) is 0.492. The number of amides is 1. The minimum Gasteiger partial charge on any atom is -0.481 e. The Labute approximate surface area is 109 Å². The topological polar surface area (TPSA) is 78.4 Å². The number of carboxylic acids is 1. The second kappa shape index (κ2) is 5.88. The Hall–Kier alpha value is -1.53. The third-order valence-electron chi connectivity index (χ3n) is 2.65. The van der Waals surface area contributed by atoms with Crippen molar-refractivity contribution >= 4 is 29.3 Å². The molecule has 1 aliphatic rings. The van der Waals surface area contributed by atoms with Crippen LogP contribution < -0.4 is 10.6 Å². The summed E-state index contributed by atoms with van der Waals surface area (Å²) >= 11 is 1.67. The average Bonchev–Trinajstić information content (AvgIpc) is 2.84. The zero-order valence-corrected chi connectivity index (χ0v) is 10.5. The first kappa shape index (κ1) is 12.9. The summed E-state index contributed by atoms with van der Waals surface area (Å²) in [6, 6.07) is 6.77. The molecule has 96 valence electrons. The van der Waals surface area contributed by atoms with E-state index in [1.165, 1.54) is 0 Å². The van der Waals surface area contributed by atoms with Gasteiger partial charge in [-0.25, -0.2) is 0 Å². The van der Waals surface area contributed by atoms with Crippen LogP contribution in [0.5, 0.6) is 0 Å². The fourth-order valence-corrected chi connectivity index (χ4v) is 2.68. The number of hydrogen-bond donors (Lipinski definition) is 3. The van der Waals surface area contributed by atoms with Crippen molar-refractivity contribution in [2.75, 3.05) is 16.9 Å². The van der Waals surface area contributed by atoms with E-state index < -0.39 is 5.97 Å². The molecule has 1 aliphatic heterocycles. The second-order valence-corrected chi connectivity index (χ2v) is 5.02. The highest BCUT2D eigenvalue weighted by Crippen LogP contribution is 2.17. The summed E-state index contributed by atoms with van der Waals surface area (Å²) < 4.78 is 0. The molecule has 0 radical (unpaired) electrons. The third kappa shape index (κ3) is 3.24. The van der Waals surface area contributed by atoms with Gasteiger partial charge in [-0.1, -0.05) is 18.2 Å². The molecule has 1 saturated heterocycles. The van der Waals surface area contributed by atoms with Gasteiger partial charge in [0, 0.05) is 17.3 Å². The van der Waals surface area contributed by atoms with Gasteiger partial charge >= 0.3 is 5.97 Å². The van der Waals surface area contributed by atoms with E-state index in [1.807, 2.05) is 0 Å². The molecule has 6 heteroatoms. The molecule has 1 aromatic carbocycles. The molecule has 0 saturated carbocycles. The SMILES string of the molecule is O=C(O)Cc1ccccc1NC(=O)C1CSCN1. The van der Waals surface area contributed by atoms with E-state index in [4.69, 9.17) is 5.11 Å². The Morgan fingerprint density at radius 1 is 1.44 bits per heavy atom. The van der Waals surface area contributed by atoms with Crippen molar-refractivity contribution in [1.29, 1.82) is 0 Å². The van der Waals surface area contributed by atoms with Crippen LogP contribution in [0.15, 0.2) is 24.3 Å². The number of benzene rings is 1. The van der Waals surface area contributed by atoms with E-state index >= 15 is 0 Å². The molecule has 1 fully saturated rings. The lowest BCUT2D eigenvalue weighted by atomic mass is 10.1. The Balaban J connectivity index is 2.07. The molecule has 0 aliphatic carbocycles. The molecular formula is C12H14N2O3S. The minimum absolute atomic E-state index is 0.0939. The van der Waals surface area contributed by atoms with Gasteiger partial charge in [-0.2, -0.15) is 0 Å². The van der Waals surface area contributed by atoms with Crippen LogP contribution in [0.1, 0.15) is 5.56 Å². The van der Waals surface area contributed by atoms with Crippen molar-refractivity contribution in [2.45, 2.75) is 12.5 Å². The number of aliphatic carboxylic acids is 1. The van der Waals surface area contributed by atoms with E-state index in [0.29, 0.717) is 11.3 Å². The molecule has 0 bridgehead atoms. The van der Waals surface area contributed by atoms with Gasteiger partial charge in [0.1, 0.15) is 0 Å². The van der Waals surface area contributed by atoms with Gasteiger partial charge in [0.25, 0.3) is 0 Å². The predicted octanol–water partition coefficient (Wildman–Crippen LogP) is 0.915. The first-order valence-electron chi connectivity index (χ1n) is 5.58. The minimum atomic E-state index is -0.911. The maximum Gasteiger partial charge on any atom is 0.307 e. The zero-order valence-electron chi connectivity index (χ0n) is 9.68. The molecule has 1 unspecified atom stereocenters. The van der Waals surface area contributed by atoms with Gasteiger partial charge in [-0.15, -0.1) is 11.8 Å². The van der Waals surface area contributed by atoms with E-state index in [2.05, 4.69) is 10.6 Å². The van der Waals surface area contributed by atoms with Crippen LogP contribution in [-0.4, -0.2) is 34.7 Å². The molecule has 5 nitrogen and oxygen atoms in total. The van der Waals surface area contributed by atoms with Crippen molar-refractivity contribution in [1.82, 2.24) is 5.32 Å². The van der Waals surface area contributed by atoms with E-state index in [9.17, 15) is 9.59 Å². The van der Waals surface area contributed by atoms with Crippen molar-refractivity contribution in [2.24, 2.45) is 0 Å². The summed E-state index contributed by atoms with van der Waals surface area (Å²) in [7, 11) is 0. The van der Waals surface area contributed by atoms with Gasteiger partial charge in [-0.05, 0) is 11.6 Å². The molecule has 3 N–H and O–H groups in total. The maximum atomic E-state index is 11.9. The quantitative estimate of drug-likeness (QED) is 0.755. The zero-order chi connectivity index (χ0) is 13.0. The maximum absolute atomic E-state index is 11.9. The van der Waals surface area contributed by atoms with Gasteiger partial charge < -0.3 is 10.4 Å². The van der Waals surface area contributed by atoms with Crippen LogP contribution in [-0.2, 0) is 16.0 Å². The number of carbonyl (C=O) groups excluding carboxylic acids is 1. The highest BCUT2D eigenvalue weighted by molar-refractivity contribution is 7.99. The number of rotatable bonds is 4. The molecular weight excluding hydrogens is 252 g/mol. The van der Waals surface area contributed by atoms with Crippen molar-refractivity contribution in [3.05, 3.63) is 29.8 Å². The molecule has 1 aromatic rings. The van der Waals surface area contributed by atoms with Crippen LogP contribution in [0.2, 0.25) is 0 Å². The van der Waals surface area contributed by atoms with Crippen LogP contribution in [0, 0.1) is 0 Å². The number of thioether (sulfide) groups is 1. The van der Waals surface area contributed by atoms with Gasteiger partial charge in [0.2, 0.25) is 5.91 Å². The van der Waals surface area contributed by atoms with Crippen molar-refractivity contribution in [3.8, 4) is 0 Å². The number of carboxylic acid groups (broad SMARTS) is 1. The number of hydrogen-bond acceptors (Lipinski definition) is 4. The Morgan fingerprint density at radius 3 is 2.89 bits per heavy atom. The number of carbonyl (C=O) groups is 2. The molecule has 18 heavy (non-hydrogen) atoms. The largest absolute Gasteiger partial charge is 0.481 e. The Bertz CT molecular complexity index is 458.